The van der Waals surface area contributed by atoms with Gasteiger partial charge in [-0.1, -0.05) is 11.8 Å². The maximum absolute atomic E-state index is 12.4. The molecule has 1 aliphatic heterocycles. The number of amides is 2. The first-order chi connectivity index (χ1) is 10.2. The van der Waals surface area contributed by atoms with Crippen LogP contribution in [-0.4, -0.2) is 48.6 Å². The van der Waals surface area contributed by atoms with Gasteiger partial charge < -0.3 is 15.3 Å². The Bertz CT molecular complexity index is 585. The van der Waals surface area contributed by atoms with E-state index in [9.17, 15) is 9.59 Å². The predicted molar refractivity (Wildman–Crippen MR) is 81.0 cm³/mol. The lowest BCUT2D eigenvalue weighted by Gasteiger charge is -2.31. The molecule has 2 N–H and O–H groups in total. The summed E-state index contributed by atoms with van der Waals surface area (Å²) in [5.41, 5.74) is 0.597. The van der Waals surface area contributed by atoms with E-state index in [0.29, 0.717) is 18.7 Å². The monoisotopic (exact) mass is 306 g/mol. The van der Waals surface area contributed by atoms with Crippen molar-refractivity contribution in [2.24, 2.45) is 5.92 Å². The van der Waals surface area contributed by atoms with Crippen molar-refractivity contribution in [2.75, 3.05) is 26.7 Å². The number of nitrogens with one attached hydrogen (secondary N) is 1. The van der Waals surface area contributed by atoms with Crippen LogP contribution in [0.1, 0.15) is 28.1 Å². The molecule has 0 saturated carbocycles. The number of thiophene rings is 1. The number of nitrogens with zero attached hydrogens (tertiary/aromatic N) is 1. The lowest BCUT2D eigenvalue weighted by Crippen LogP contribution is -2.44. The Balaban J connectivity index is 2.05. The molecule has 1 atom stereocenters. The molecule has 0 aliphatic carbocycles. The molecule has 5 nitrogen and oxygen atoms in total. The molecule has 2 heterocycles. The van der Waals surface area contributed by atoms with Crippen LogP contribution in [0.5, 0.6) is 0 Å². The highest BCUT2D eigenvalue weighted by molar-refractivity contribution is 7.10. The van der Waals surface area contributed by atoms with Crippen LogP contribution in [0, 0.1) is 17.8 Å². The van der Waals surface area contributed by atoms with Gasteiger partial charge in [0.25, 0.3) is 5.91 Å². The normalized spacial score (nSPS) is 17.8. The molecule has 1 aromatic heterocycles. The van der Waals surface area contributed by atoms with E-state index in [1.807, 2.05) is 0 Å². The highest BCUT2D eigenvalue weighted by Crippen LogP contribution is 2.21. The SMILES string of the molecule is CNC(=O)C1CCCN(C(=O)c2csc(C#CCO)c2)C1. The minimum atomic E-state index is -0.193. The average Bonchev–Trinajstić information content (AvgIpc) is 3.00. The van der Waals surface area contributed by atoms with Gasteiger partial charge in [0.05, 0.1) is 16.4 Å². The summed E-state index contributed by atoms with van der Waals surface area (Å²) in [4.78, 5) is 26.6. The van der Waals surface area contributed by atoms with Crippen LogP contribution in [0.25, 0.3) is 0 Å². The first-order valence-electron chi connectivity index (χ1n) is 6.85. The van der Waals surface area contributed by atoms with E-state index in [1.165, 1.54) is 11.3 Å². The topological polar surface area (TPSA) is 69.6 Å². The molecule has 1 saturated heterocycles. The van der Waals surface area contributed by atoms with Crippen molar-refractivity contribution >= 4 is 23.2 Å². The minimum absolute atomic E-state index is 0.00711. The Morgan fingerprint density at radius 2 is 2.38 bits per heavy atom. The maximum Gasteiger partial charge on any atom is 0.254 e. The lowest BCUT2D eigenvalue weighted by atomic mass is 9.97. The Morgan fingerprint density at radius 3 is 3.10 bits per heavy atom. The summed E-state index contributed by atoms with van der Waals surface area (Å²) in [5.74, 6) is 5.17. The van der Waals surface area contributed by atoms with E-state index in [1.54, 1.807) is 23.4 Å². The maximum atomic E-state index is 12.4. The quantitative estimate of drug-likeness (QED) is 0.790. The summed E-state index contributed by atoms with van der Waals surface area (Å²) >= 11 is 1.38. The molecular formula is C15H18N2O3S. The van der Waals surface area contributed by atoms with Gasteiger partial charge in [0.2, 0.25) is 5.91 Å². The number of aliphatic hydroxyl groups excluding tert-OH is 1. The Kier molecular flexibility index (Phi) is 5.37. The number of hydrogen-bond donors (Lipinski definition) is 2. The van der Waals surface area contributed by atoms with Crippen LogP contribution in [0.2, 0.25) is 0 Å². The second-order valence-electron chi connectivity index (χ2n) is 4.86. The van der Waals surface area contributed by atoms with E-state index < -0.39 is 0 Å². The number of carbonyl (C=O) groups excluding carboxylic acids is 2. The van der Waals surface area contributed by atoms with Crippen molar-refractivity contribution in [3.05, 3.63) is 21.9 Å². The molecule has 1 aliphatic rings. The second kappa shape index (κ2) is 7.25. The average molecular weight is 306 g/mol. The zero-order valence-electron chi connectivity index (χ0n) is 11.9. The van der Waals surface area contributed by atoms with Crippen molar-refractivity contribution in [2.45, 2.75) is 12.8 Å². The highest BCUT2D eigenvalue weighted by atomic mass is 32.1. The number of carbonyl (C=O) groups is 2. The van der Waals surface area contributed by atoms with Gasteiger partial charge in [-0.25, -0.2) is 0 Å². The zero-order chi connectivity index (χ0) is 15.2. The molecule has 6 heteroatoms. The fraction of sp³-hybridized carbons (Fsp3) is 0.467. The highest BCUT2D eigenvalue weighted by Gasteiger charge is 2.28. The fourth-order valence-corrected chi connectivity index (χ4v) is 3.15. The molecule has 1 fully saturated rings. The van der Waals surface area contributed by atoms with Gasteiger partial charge in [-0.2, -0.15) is 0 Å². The van der Waals surface area contributed by atoms with Gasteiger partial charge in [0.15, 0.2) is 0 Å². The van der Waals surface area contributed by atoms with Crippen molar-refractivity contribution in [3.63, 3.8) is 0 Å². The molecule has 2 rings (SSSR count). The zero-order valence-corrected chi connectivity index (χ0v) is 12.7. The van der Waals surface area contributed by atoms with Gasteiger partial charge in [-0.15, -0.1) is 11.3 Å². The number of aliphatic hydroxyl groups is 1. The summed E-state index contributed by atoms with van der Waals surface area (Å²) in [7, 11) is 1.62. The number of hydrogen-bond acceptors (Lipinski definition) is 4. The molecule has 1 unspecified atom stereocenters. The lowest BCUT2D eigenvalue weighted by molar-refractivity contribution is -0.125. The van der Waals surface area contributed by atoms with Crippen molar-refractivity contribution in [1.82, 2.24) is 10.2 Å². The summed E-state index contributed by atoms with van der Waals surface area (Å²) < 4.78 is 0. The Hall–Kier alpha value is -1.84. The molecule has 0 radical (unpaired) electrons. The molecule has 0 spiro atoms. The Morgan fingerprint density at radius 1 is 1.57 bits per heavy atom. The van der Waals surface area contributed by atoms with Crippen LogP contribution in [0.4, 0.5) is 0 Å². The minimum Gasteiger partial charge on any atom is -0.384 e. The van der Waals surface area contributed by atoms with Crippen LogP contribution >= 0.6 is 11.3 Å². The van der Waals surface area contributed by atoms with Crippen LogP contribution in [-0.2, 0) is 4.79 Å². The second-order valence-corrected chi connectivity index (χ2v) is 5.78. The van der Waals surface area contributed by atoms with Gasteiger partial charge in [0, 0.05) is 25.5 Å². The number of piperidine rings is 1. The van der Waals surface area contributed by atoms with E-state index in [2.05, 4.69) is 17.2 Å². The third-order valence-electron chi connectivity index (χ3n) is 3.46. The third kappa shape index (κ3) is 3.84. The van der Waals surface area contributed by atoms with E-state index in [-0.39, 0.29) is 24.3 Å². The van der Waals surface area contributed by atoms with E-state index in [4.69, 9.17) is 5.11 Å². The van der Waals surface area contributed by atoms with Gasteiger partial charge in [-0.3, -0.25) is 9.59 Å². The Labute approximate surface area is 128 Å². The van der Waals surface area contributed by atoms with Crippen molar-refractivity contribution in [3.8, 4) is 11.8 Å². The van der Waals surface area contributed by atoms with E-state index >= 15 is 0 Å². The van der Waals surface area contributed by atoms with Gasteiger partial charge in [-0.05, 0) is 18.9 Å². The third-order valence-corrected chi connectivity index (χ3v) is 4.31. The number of likely N-dealkylation sites (tertiary alicyclic amines) is 1. The summed E-state index contributed by atoms with van der Waals surface area (Å²) in [6, 6.07) is 1.74. The molecule has 21 heavy (non-hydrogen) atoms. The van der Waals surface area contributed by atoms with Crippen molar-refractivity contribution in [1.29, 1.82) is 0 Å². The smallest absolute Gasteiger partial charge is 0.254 e. The van der Waals surface area contributed by atoms with Crippen molar-refractivity contribution < 1.29 is 14.7 Å². The van der Waals surface area contributed by atoms with Crippen LogP contribution in [0.3, 0.4) is 0 Å². The molecule has 2 amide bonds. The first kappa shape index (κ1) is 15.5. The van der Waals surface area contributed by atoms with Gasteiger partial charge in [0.1, 0.15) is 6.61 Å². The van der Waals surface area contributed by atoms with E-state index in [0.717, 1.165) is 17.7 Å². The molecular weight excluding hydrogens is 288 g/mol. The molecule has 1 aromatic rings. The number of rotatable bonds is 2. The van der Waals surface area contributed by atoms with Gasteiger partial charge >= 0.3 is 0 Å². The first-order valence-corrected chi connectivity index (χ1v) is 7.72. The predicted octanol–water partition coefficient (Wildman–Crippen LogP) is 0.690. The summed E-state index contributed by atoms with van der Waals surface area (Å²) in [5, 5.41) is 13.1. The van der Waals surface area contributed by atoms with Crippen LogP contribution in [0.15, 0.2) is 11.4 Å². The van der Waals surface area contributed by atoms with Crippen LogP contribution < -0.4 is 5.32 Å². The standard InChI is InChI=1S/C15H18N2O3S/c1-16-14(19)11-4-2-6-17(9-11)15(20)12-8-13(21-10-12)5-3-7-18/h8,10-11,18H,2,4,6-7,9H2,1H3,(H,16,19). The molecule has 112 valence electrons. The molecule has 0 bridgehead atoms. The molecule has 0 aromatic carbocycles. The fourth-order valence-electron chi connectivity index (χ4n) is 2.40. The summed E-state index contributed by atoms with van der Waals surface area (Å²) in [6.45, 7) is 0.951. The largest absolute Gasteiger partial charge is 0.384 e. The summed E-state index contributed by atoms with van der Waals surface area (Å²) in [6.07, 6.45) is 1.66.